The monoisotopic (exact) mass is 484 g/mol. The van der Waals surface area contributed by atoms with E-state index in [0.29, 0.717) is 10.0 Å². The SMILES string of the molecule is Cc1cc(Br)cc2c1OC(C(F)(F)F)C(C(=O)OCOC(=O)OCC(C)O[NH3+])=C2. The second-order valence-corrected chi connectivity index (χ2v) is 6.93. The molecule has 0 saturated carbocycles. The number of hydrogen-bond acceptors (Lipinski definition) is 7. The molecular weight excluding hydrogens is 467 g/mol. The molecule has 2 unspecified atom stereocenters. The summed E-state index contributed by atoms with van der Waals surface area (Å²) >= 11 is 3.23. The van der Waals surface area contributed by atoms with Crippen LogP contribution in [0.4, 0.5) is 18.0 Å². The second-order valence-electron chi connectivity index (χ2n) is 6.01. The number of ether oxygens (including phenoxy) is 4. The Kier molecular flexibility index (Phi) is 7.49. The summed E-state index contributed by atoms with van der Waals surface area (Å²) < 4.78 is 59.6. The Balaban J connectivity index is 2.09. The molecule has 3 N–H and O–H groups in total. The van der Waals surface area contributed by atoms with Crippen molar-refractivity contribution in [1.82, 2.24) is 0 Å². The van der Waals surface area contributed by atoms with Crippen LogP contribution >= 0.6 is 15.9 Å². The van der Waals surface area contributed by atoms with Gasteiger partial charge in [-0.25, -0.2) is 20.3 Å². The Morgan fingerprint density at radius 3 is 2.59 bits per heavy atom. The van der Waals surface area contributed by atoms with Crippen molar-refractivity contribution in [1.29, 1.82) is 0 Å². The van der Waals surface area contributed by atoms with Crippen LogP contribution in [0.25, 0.3) is 6.08 Å². The topological polar surface area (TPSA) is 108 Å². The standard InChI is InChI=1S/C17H18BrF3NO7/c1-8-3-11(18)4-10-5-12(14(17(19,20)21)28-13(8)10)15(23)26-7-27-16(24)25-6-9(2)29-22/h3-5,9,14H,6-7H2,1-2,22H3/q+1. The summed E-state index contributed by atoms with van der Waals surface area (Å²) in [5.74, 6) is 1.80. The molecule has 0 aliphatic carbocycles. The first-order valence-corrected chi connectivity index (χ1v) is 8.94. The van der Waals surface area contributed by atoms with Gasteiger partial charge in [-0.05, 0) is 37.6 Å². The molecule has 1 aromatic rings. The minimum absolute atomic E-state index is 0.00801. The number of aryl methyl sites for hydroxylation is 1. The van der Waals surface area contributed by atoms with Crippen LogP contribution in [0.15, 0.2) is 22.2 Å². The zero-order chi connectivity index (χ0) is 21.8. The van der Waals surface area contributed by atoms with E-state index in [1.165, 1.54) is 6.07 Å². The van der Waals surface area contributed by atoms with Gasteiger partial charge < -0.3 is 18.9 Å². The minimum Gasteiger partial charge on any atom is -0.475 e. The van der Waals surface area contributed by atoms with Crippen molar-refractivity contribution in [3.05, 3.63) is 33.3 Å². The van der Waals surface area contributed by atoms with Crippen molar-refractivity contribution in [2.24, 2.45) is 0 Å². The molecule has 0 radical (unpaired) electrons. The fourth-order valence-corrected chi connectivity index (χ4v) is 2.94. The number of carbonyl (C=O) groups is 2. The lowest BCUT2D eigenvalue weighted by molar-refractivity contribution is -0.701. The van der Waals surface area contributed by atoms with Gasteiger partial charge in [-0.1, -0.05) is 15.9 Å². The Labute approximate surface area is 171 Å². The normalized spacial score (nSPS) is 16.8. The summed E-state index contributed by atoms with van der Waals surface area (Å²) in [6, 6.07) is 3.09. The maximum absolute atomic E-state index is 13.4. The number of esters is 1. The number of carbonyl (C=O) groups excluding carboxylic acids is 2. The first kappa shape index (κ1) is 23.0. The van der Waals surface area contributed by atoms with Crippen molar-refractivity contribution in [3.63, 3.8) is 0 Å². The molecule has 29 heavy (non-hydrogen) atoms. The molecule has 0 aromatic heterocycles. The van der Waals surface area contributed by atoms with Gasteiger partial charge in [0, 0.05) is 10.0 Å². The molecule has 0 fully saturated rings. The van der Waals surface area contributed by atoms with Crippen molar-refractivity contribution < 1.29 is 52.4 Å². The lowest BCUT2D eigenvalue weighted by atomic mass is 9.99. The predicted octanol–water partition coefficient (Wildman–Crippen LogP) is 2.68. The van der Waals surface area contributed by atoms with Crippen LogP contribution in [0.1, 0.15) is 18.1 Å². The van der Waals surface area contributed by atoms with E-state index in [2.05, 4.69) is 40.9 Å². The van der Waals surface area contributed by atoms with Crippen LogP contribution in [0.2, 0.25) is 0 Å². The third kappa shape index (κ3) is 6.08. The fourth-order valence-electron chi connectivity index (χ4n) is 2.35. The van der Waals surface area contributed by atoms with Gasteiger partial charge in [0.1, 0.15) is 18.5 Å². The highest BCUT2D eigenvalue weighted by Gasteiger charge is 2.49. The van der Waals surface area contributed by atoms with Crippen LogP contribution in [-0.2, 0) is 23.8 Å². The maximum atomic E-state index is 13.4. The van der Waals surface area contributed by atoms with E-state index in [9.17, 15) is 22.8 Å². The molecule has 0 amide bonds. The van der Waals surface area contributed by atoms with E-state index in [1.807, 2.05) is 0 Å². The van der Waals surface area contributed by atoms with Gasteiger partial charge in [-0.15, -0.1) is 0 Å². The zero-order valence-electron chi connectivity index (χ0n) is 15.4. The summed E-state index contributed by atoms with van der Waals surface area (Å²) in [4.78, 5) is 28.1. The van der Waals surface area contributed by atoms with Gasteiger partial charge in [0.2, 0.25) is 12.9 Å². The van der Waals surface area contributed by atoms with Crippen molar-refractivity contribution in [3.8, 4) is 5.75 Å². The largest absolute Gasteiger partial charge is 0.511 e. The van der Waals surface area contributed by atoms with Crippen LogP contribution in [0, 0.1) is 6.92 Å². The minimum atomic E-state index is -4.87. The molecule has 0 saturated heterocycles. The molecule has 0 bridgehead atoms. The van der Waals surface area contributed by atoms with Crippen LogP contribution in [0.3, 0.4) is 0 Å². The Hall–Kier alpha value is -2.31. The molecule has 2 atom stereocenters. The molecule has 1 heterocycles. The maximum Gasteiger partial charge on any atom is 0.511 e. The van der Waals surface area contributed by atoms with E-state index in [0.717, 1.165) is 6.08 Å². The molecule has 0 spiro atoms. The van der Waals surface area contributed by atoms with E-state index in [4.69, 9.17) is 4.74 Å². The van der Waals surface area contributed by atoms with E-state index < -0.39 is 42.9 Å². The molecule has 2 rings (SSSR count). The summed E-state index contributed by atoms with van der Waals surface area (Å²) in [6.45, 7) is 2.04. The Bertz CT molecular complexity index is 813. The first-order chi connectivity index (χ1) is 13.5. The molecule has 1 aromatic carbocycles. The number of fused-ring (bicyclic) bond motifs is 1. The lowest BCUT2D eigenvalue weighted by Crippen LogP contribution is -2.53. The van der Waals surface area contributed by atoms with Gasteiger partial charge in [0.15, 0.2) is 0 Å². The van der Waals surface area contributed by atoms with Crippen molar-refractivity contribution in [2.75, 3.05) is 13.4 Å². The van der Waals surface area contributed by atoms with Crippen LogP contribution < -0.4 is 10.6 Å². The highest BCUT2D eigenvalue weighted by Crippen LogP contribution is 2.40. The predicted molar refractivity (Wildman–Crippen MR) is 94.2 cm³/mol. The number of quaternary nitrogens is 1. The average Bonchev–Trinajstić information content (AvgIpc) is 2.64. The van der Waals surface area contributed by atoms with Crippen LogP contribution in [0.5, 0.6) is 5.75 Å². The number of hydrogen-bond donors (Lipinski definition) is 1. The Morgan fingerprint density at radius 2 is 1.97 bits per heavy atom. The Morgan fingerprint density at radius 1 is 1.28 bits per heavy atom. The molecule has 8 nitrogen and oxygen atoms in total. The van der Waals surface area contributed by atoms with E-state index >= 15 is 0 Å². The number of benzene rings is 1. The van der Waals surface area contributed by atoms with E-state index in [1.54, 1.807) is 19.9 Å². The summed E-state index contributed by atoms with van der Waals surface area (Å²) in [7, 11) is 0. The number of halogens is 4. The summed E-state index contributed by atoms with van der Waals surface area (Å²) in [5.41, 5.74) is -0.0516. The molecule has 1 aliphatic rings. The van der Waals surface area contributed by atoms with Crippen molar-refractivity contribution in [2.45, 2.75) is 32.2 Å². The fraction of sp³-hybridized carbons (Fsp3) is 0.412. The zero-order valence-corrected chi connectivity index (χ0v) is 17.0. The summed E-state index contributed by atoms with van der Waals surface area (Å²) in [6.07, 6.45) is -8.04. The second kappa shape index (κ2) is 9.46. The summed E-state index contributed by atoms with van der Waals surface area (Å²) in [5, 5.41) is 0. The highest BCUT2D eigenvalue weighted by atomic mass is 79.9. The van der Waals surface area contributed by atoms with Gasteiger partial charge in [0.25, 0.3) is 0 Å². The van der Waals surface area contributed by atoms with Gasteiger partial charge >= 0.3 is 18.3 Å². The molecule has 160 valence electrons. The van der Waals surface area contributed by atoms with Gasteiger partial charge in [-0.2, -0.15) is 13.2 Å². The number of rotatable bonds is 6. The highest BCUT2D eigenvalue weighted by molar-refractivity contribution is 9.10. The molecule has 1 aliphatic heterocycles. The average molecular weight is 485 g/mol. The first-order valence-electron chi connectivity index (χ1n) is 8.15. The molecular formula is C17H18BrF3NO7+. The van der Waals surface area contributed by atoms with Gasteiger partial charge in [-0.3, -0.25) is 0 Å². The van der Waals surface area contributed by atoms with E-state index in [-0.39, 0.29) is 17.9 Å². The lowest BCUT2D eigenvalue weighted by Gasteiger charge is -2.28. The quantitative estimate of drug-likeness (QED) is 0.375. The third-order valence-corrected chi connectivity index (χ3v) is 4.18. The van der Waals surface area contributed by atoms with Crippen LogP contribution in [-0.4, -0.2) is 43.9 Å². The smallest absolute Gasteiger partial charge is 0.475 e. The number of alkyl halides is 3. The third-order valence-electron chi connectivity index (χ3n) is 3.72. The molecule has 12 heteroatoms. The van der Waals surface area contributed by atoms with Crippen molar-refractivity contribution >= 4 is 34.1 Å². The van der Waals surface area contributed by atoms with Gasteiger partial charge in [0.05, 0.1) is 5.57 Å².